The SMILES string of the molecule is Cc1nc(NC(=O)NCCc2cn(CCF)cn2)sc1-c1cccc(C(=O)NC2CC2)c1. The van der Waals surface area contributed by atoms with Crippen LogP contribution in [0.25, 0.3) is 10.4 Å². The second kappa shape index (κ2) is 9.90. The summed E-state index contributed by atoms with van der Waals surface area (Å²) < 4.78 is 14.0. The van der Waals surface area contributed by atoms with Crippen molar-refractivity contribution in [2.45, 2.75) is 38.8 Å². The number of nitrogens with one attached hydrogen (secondary N) is 3. The fourth-order valence-electron chi connectivity index (χ4n) is 3.22. The summed E-state index contributed by atoms with van der Waals surface area (Å²) in [6.45, 7) is 2.11. The van der Waals surface area contributed by atoms with Gasteiger partial charge >= 0.3 is 6.03 Å². The van der Waals surface area contributed by atoms with Gasteiger partial charge in [-0.1, -0.05) is 23.5 Å². The average Bonchev–Trinajstić information content (AvgIpc) is 3.35. The van der Waals surface area contributed by atoms with Crippen molar-refractivity contribution >= 4 is 28.4 Å². The highest BCUT2D eigenvalue weighted by molar-refractivity contribution is 7.19. The van der Waals surface area contributed by atoms with E-state index in [1.54, 1.807) is 23.2 Å². The van der Waals surface area contributed by atoms with E-state index >= 15 is 0 Å². The van der Waals surface area contributed by atoms with Crippen LogP contribution in [-0.4, -0.2) is 45.7 Å². The molecular weight excluding hydrogens is 431 g/mol. The number of alkyl halides is 1. The van der Waals surface area contributed by atoms with Crippen molar-refractivity contribution in [1.29, 1.82) is 0 Å². The molecule has 10 heteroatoms. The molecule has 3 amide bonds. The Balaban J connectivity index is 1.32. The summed E-state index contributed by atoms with van der Waals surface area (Å²) in [6, 6.07) is 7.38. The molecule has 1 aromatic carbocycles. The maximum Gasteiger partial charge on any atom is 0.321 e. The first-order valence-corrected chi connectivity index (χ1v) is 11.3. The number of hydrogen-bond donors (Lipinski definition) is 3. The van der Waals surface area contributed by atoms with Crippen molar-refractivity contribution in [2.24, 2.45) is 0 Å². The van der Waals surface area contributed by atoms with Gasteiger partial charge in [0.25, 0.3) is 5.91 Å². The van der Waals surface area contributed by atoms with Crippen LogP contribution < -0.4 is 16.0 Å². The van der Waals surface area contributed by atoms with Gasteiger partial charge < -0.3 is 15.2 Å². The summed E-state index contributed by atoms with van der Waals surface area (Å²) in [7, 11) is 0. The molecular formula is C22H25FN6O2S. The Hall–Kier alpha value is -3.27. The van der Waals surface area contributed by atoms with E-state index in [-0.39, 0.29) is 18.5 Å². The molecule has 1 fully saturated rings. The minimum atomic E-state index is -0.441. The minimum absolute atomic E-state index is 0.0660. The molecule has 0 atom stereocenters. The molecule has 3 aromatic rings. The lowest BCUT2D eigenvalue weighted by Gasteiger charge is -2.05. The molecule has 32 heavy (non-hydrogen) atoms. The highest BCUT2D eigenvalue weighted by Crippen LogP contribution is 2.33. The molecule has 0 saturated heterocycles. The van der Waals surface area contributed by atoms with Crippen LogP contribution in [0, 0.1) is 6.92 Å². The van der Waals surface area contributed by atoms with Crippen LogP contribution in [0.3, 0.4) is 0 Å². The van der Waals surface area contributed by atoms with Crippen molar-refractivity contribution in [3.8, 4) is 10.4 Å². The van der Waals surface area contributed by atoms with Gasteiger partial charge in [-0.15, -0.1) is 0 Å². The van der Waals surface area contributed by atoms with Crippen molar-refractivity contribution < 1.29 is 14.0 Å². The van der Waals surface area contributed by atoms with Gasteiger partial charge in [-0.25, -0.2) is 19.2 Å². The first kappa shape index (κ1) is 21.9. The van der Waals surface area contributed by atoms with Crippen molar-refractivity contribution in [3.63, 3.8) is 0 Å². The molecule has 2 heterocycles. The van der Waals surface area contributed by atoms with Gasteiger partial charge in [0, 0.05) is 30.8 Å². The van der Waals surface area contributed by atoms with E-state index in [1.807, 2.05) is 25.1 Å². The quantitative estimate of drug-likeness (QED) is 0.458. The van der Waals surface area contributed by atoms with Gasteiger partial charge in [-0.3, -0.25) is 10.1 Å². The summed E-state index contributed by atoms with van der Waals surface area (Å²) in [5.74, 6) is -0.0660. The summed E-state index contributed by atoms with van der Waals surface area (Å²) in [6.07, 6.45) is 5.98. The summed E-state index contributed by atoms with van der Waals surface area (Å²) >= 11 is 1.36. The lowest BCUT2D eigenvalue weighted by Crippen LogP contribution is -2.30. The molecule has 1 saturated carbocycles. The van der Waals surface area contributed by atoms with Gasteiger partial charge in [0.05, 0.1) is 29.1 Å². The monoisotopic (exact) mass is 456 g/mol. The molecule has 3 N–H and O–H groups in total. The standard InChI is InChI=1S/C22H25FN6O2S/c1-14-19(15-3-2-4-16(11-15)20(30)27-17-5-6-17)32-22(26-14)28-21(31)24-9-7-18-12-29(10-8-23)13-25-18/h2-4,11-13,17H,5-10H2,1H3,(H,27,30)(H2,24,26,28,31). The lowest BCUT2D eigenvalue weighted by molar-refractivity contribution is 0.0951. The summed E-state index contributed by atoms with van der Waals surface area (Å²) in [5.41, 5.74) is 3.07. The van der Waals surface area contributed by atoms with Crippen LogP contribution >= 0.6 is 11.3 Å². The maximum atomic E-state index is 12.4. The van der Waals surface area contributed by atoms with Crippen LogP contribution in [0.2, 0.25) is 0 Å². The largest absolute Gasteiger partial charge is 0.349 e. The van der Waals surface area contributed by atoms with E-state index in [4.69, 9.17) is 0 Å². The fourth-order valence-corrected chi connectivity index (χ4v) is 4.17. The van der Waals surface area contributed by atoms with Gasteiger partial charge in [0.15, 0.2) is 5.13 Å². The number of imidazole rings is 1. The van der Waals surface area contributed by atoms with E-state index in [0.29, 0.717) is 29.7 Å². The third-order valence-corrected chi connectivity index (χ3v) is 6.13. The predicted octanol–water partition coefficient (Wildman–Crippen LogP) is 3.54. The third-order valence-electron chi connectivity index (χ3n) is 5.01. The number of amides is 3. The van der Waals surface area contributed by atoms with E-state index in [1.165, 1.54) is 11.3 Å². The fraction of sp³-hybridized carbons (Fsp3) is 0.364. The van der Waals surface area contributed by atoms with Gasteiger partial charge in [-0.05, 0) is 37.5 Å². The normalized spacial score (nSPS) is 13.1. The third kappa shape index (κ3) is 5.70. The van der Waals surface area contributed by atoms with Crippen LogP contribution in [0.1, 0.15) is 34.6 Å². The number of nitrogens with zero attached hydrogens (tertiary/aromatic N) is 3. The van der Waals surface area contributed by atoms with Crippen molar-refractivity contribution in [2.75, 3.05) is 18.5 Å². The molecule has 0 bridgehead atoms. The molecule has 8 nitrogen and oxygen atoms in total. The van der Waals surface area contributed by atoms with Crippen molar-refractivity contribution in [3.05, 3.63) is 53.7 Å². The molecule has 168 valence electrons. The number of halogens is 1. The molecule has 4 rings (SSSR count). The van der Waals surface area contributed by atoms with Crippen LogP contribution in [0.15, 0.2) is 36.8 Å². The molecule has 1 aliphatic rings. The Morgan fingerprint density at radius 1 is 1.31 bits per heavy atom. The highest BCUT2D eigenvalue weighted by Gasteiger charge is 2.24. The first-order chi connectivity index (χ1) is 15.5. The molecule has 1 aliphatic carbocycles. The van der Waals surface area contributed by atoms with E-state index in [2.05, 4.69) is 25.9 Å². The Morgan fingerprint density at radius 3 is 2.94 bits per heavy atom. The Bertz CT molecular complexity index is 1110. The van der Waals surface area contributed by atoms with E-state index in [9.17, 15) is 14.0 Å². The van der Waals surface area contributed by atoms with Gasteiger partial charge in [0.2, 0.25) is 0 Å². The number of hydrogen-bond acceptors (Lipinski definition) is 5. The van der Waals surface area contributed by atoms with Gasteiger partial charge in [-0.2, -0.15) is 0 Å². The van der Waals surface area contributed by atoms with Crippen molar-refractivity contribution in [1.82, 2.24) is 25.2 Å². The Labute approximate surface area is 189 Å². The highest BCUT2D eigenvalue weighted by atomic mass is 32.1. The topological polar surface area (TPSA) is 101 Å². The molecule has 0 aliphatic heterocycles. The molecule has 0 radical (unpaired) electrons. The van der Waals surface area contributed by atoms with Crippen LogP contribution in [0.5, 0.6) is 0 Å². The second-order valence-electron chi connectivity index (χ2n) is 7.68. The lowest BCUT2D eigenvalue weighted by atomic mass is 10.1. The summed E-state index contributed by atoms with van der Waals surface area (Å²) in [4.78, 5) is 34.1. The smallest absolute Gasteiger partial charge is 0.321 e. The number of rotatable bonds is 9. The Kier molecular flexibility index (Phi) is 6.79. The minimum Gasteiger partial charge on any atom is -0.349 e. The number of urea groups is 1. The maximum absolute atomic E-state index is 12.4. The average molecular weight is 457 g/mol. The summed E-state index contributed by atoms with van der Waals surface area (Å²) in [5, 5.41) is 9.01. The van der Waals surface area contributed by atoms with E-state index < -0.39 is 6.67 Å². The number of aryl methyl sites for hydroxylation is 2. The number of carbonyl (C=O) groups is 2. The first-order valence-electron chi connectivity index (χ1n) is 10.5. The second-order valence-corrected chi connectivity index (χ2v) is 8.68. The molecule has 0 unspecified atom stereocenters. The number of benzene rings is 1. The zero-order chi connectivity index (χ0) is 22.5. The molecule has 0 spiro atoms. The van der Waals surface area contributed by atoms with E-state index in [0.717, 1.165) is 34.7 Å². The zero-order valence-electron chi connectivity index (χ0n) is 17.7. The van der Waals surface area contributed by atoms with Gasteiger partial charge in [0.1, 0.15) is 6.67 Å². The predicted molar refractivity (Wildman–Crippen MR) is 122 cm³/mol. The number of thiazole rings is 1. The molecule has 2 aromatic heterocycles. The zero-order valence-corrected chi connectivity index (χ0v) is 18.5. The number of carbonyl (C=O) groups excluding carboxylic acids is 2. The number of anilines is 1. The number of aromatic nitrogens is 3. The Morgan fingerprint density at radius 2 is 2.16 bits per heavy atom. The van der Waals surface area contributed by atoms with Crippen LogP contribution in [-0.2, 0) is 13.0 Å². The van der Waals surface area contributed by atoms with Crippen LogP contribution in [0.4, 0.5) is 14.3 Å².